The van der Waals surface area contributed by atoms with Crippen molar-refractivity contribution in [2.45, 2.75) is 6.92 Å². The minimum absolute atomic E-state index is 0.119. The van der Waals surface area contributed by atoms with E-state index < -0.39 is 5.97 Å². The number of carbonyl (C=O) groups is 1. The van der Waals surface area contributed by atoms with Gasteiger partial charge in [0.2, 0.25) is 0 Å². The number of aryl methyl sites for hydroxylation is 1. The van der Waals surface area contributed by atoms with Gasteiger partial charge in [-0.15, -0.1) is 0 Å². The van der Waals surface area contributed by atoms with Crippen molar-refractivity contribution in [3.8, 4) is 5.75 Å². The van der Waals surface area contributed by atoms with E-state index in [1.165, 1.54) is 12.1 Å². The maximum atomic E-state index is 10.9. The minimum Gasteiger partial charge on any atom is -0.489 e. The van der Waals surface area contributed by atoms with Crippen molar-refractivity contribution in [2.24, 2.45) is 10.2 Å². The Morgan fingerprint density at radius 2 is 2.04 bits per heavy atom. The lowest BCUT2D eigenvalue weighted by atomic mass is 10.1. The standard InChI is InChI=1S/C16H17N3O4/c1-10-7-13(17)15(23-6-5-20)9-14(10)19-18-12-4-2-3-11(8-12)16(21)22/h2-4,7-9,20H,5-6,17H2,1H3,(H,21,22). The van der Waals surface area contributed by atoms with Crippen LogP contribution < -0.4 is 10.5 Å². The van der Waals surface area contributed by atoms with Crippen molar-refractivity contribution >= 4 is 23.0 Å². The number of nitrogens with zero attached hydrogens (tertiary/aromatic N) is 2. The zero-order chi connectivity index (χ0) is 16.8. The number of nitrogens with two attached hydrogens (primary N) is 1. The summed E-state index contributed by atoms with van der Waals surface area (Å²) in [5.74, 6) is -0.608. The molecule has 4 N–H and O–H groups in total. The van der Waals surface area contributed by atoms with Gasteiger partial charge in [-0.05, 0) is 36.8 Å². The number of carboxylic acid groups (broad SMARTS) is 1. The average Bonchev–Trinajstić information content (AvgIpc) is 2.53. The molecule has 0 aromatic heterocycles. The molecule has 0 bridgehead atoms. The summed E-state index contributed by atoms with van der Waals surface area (Å²) in [6.45, 7) is 1.84. The molecule has 120 valence electrons. The highest BCUT2D eigenvalue weighted by molar-refractivity contribution is 5.88. The summed E-state index contributed by atoms with van der Waals surface area (Å²) in [5.41, 5.74) is 8.22. The Labute approximate surface area is 133 Å². The summed E-state index contributed by atoms with van der Waals surface area (Å²) < 4.78 is 5.33. The fourth-order valence-electron chi connectivity index (χ4n) is 1.90. The monoisotopic (exact) mass is 315 g/mol. The maximum Gasteiger partial charge on any atom is 0.335 e. The summed E-state index contributed by atoms with van der Waals surface area (Å²) in [4.78, 5) is 10.9. The Balaban J connectivity index is 2.28. The molecule has 0 aliphatic rings. The molecule has 0 radical (unpaired) electrons. The Kier molecular flexibility index (Phi) is 5.27. The van der Waals surface area contributed by atoms with Crippen molar-refractivity contribution in [3.63, 3.8) is 0 Å². The molecule has 0 aliphatic heterocycles. The average molecular weight is 315 g/mol. The van der Waals surface area contributed by atoms with E-state index in [1.54, 1.807) is 24.3 Å². The molecule has 2 aromatic carbocycles. The lowest BCUT2D eigenvalue weighted by Crippen LogP contribution is -2.04. The number of carboxylic acids is 1. The molecular formula is C16H17N3O4. The van der Waals surface area contributed by atoms with E-state index in [-0.39, 0.29) is 18.8 Å². The van der Waals surface area contributed by atoms with Crippen molar-refractivity contribution in [1.29, 1.82) is 0 Å². The number of rotatable bonds is 6. The van der Waals surface area contributed by atoms with E-state index in [4.69, 9.17) is 20.7 Å². The predicted octanol–water partition coefficient (Wildman–Crippen LogP) is 3.06. The summed E-state index contributed by atoms with van der Waals surface area (Å²) >= 11 is 0. The van der Waals surface area contributed by atoms with Gasteiger partial charge >= 0.3 is 5.97 Å². The third-order valence-electron chi connectivity index (χ3n) is 3.04. The first-order valence-corrected chi connectivity index (χ1v) is 6.90. The van der Waals surface area contributed by atoms with Crippen LogP contribution in [0.2, 0.25) is 0 Å². The smallest absolute Gasteiger partial charge is 0.335 e. The van der Waals surface area contributed by atoms with E-state index in [0.29, 0.717) is 22.8 Å². The van der Waals surface area contributed by atoms with Gasteiger partial charge in [-0.1, -0.05) is 6.07 Å². The van der Waals surface area contributed by atoms with Crippen LogP contribution in [0.5, 0.6) is 5.75 Å². The normalized spacial score (nSPS) is 10.9. The van der Waals surface area contributed by atoms with Gasteiger partial charge < -0.3 is 20.7 Å². The van der Waals surface area contributed by atoms with Crippen LogP contribution in [0.1, 0.15) is 15.9 Å². The second kappa shape index (κ2) is 7.37. The summed E-state index contributed by atoms with van der Waals surface area (Å²) in [6.07, 6.45) is 0. The fraction of sp³-hybridized carbons (Fsp3) is 0.188. The van der Waals surface area contributed by atoms with Crippen molar-refractivity contribution < 1.29 is 19.7 Å². The molecule has 2 aromatic rings. The number of aromatic carboxylic acids is 1. The number of benzene rings is 2. The van der Waals surface area contributed by atoms with Crippen molar-refractivity contribution in [1.82, 2.24) is 0 Å². The third kappa shape index (κ3) is 4.27. The molecule has 0 saturated heterocycles. The first-order valence-electron chi connectivity index (χ1n) is 6.90. The second-order valence-electron chi connectivity index (χ2n) is 4.80. The summed E-state index contributed by atoms with van der Waals surface area (Å²) in [7, 11) is 0. The number of anilines is 1. The summed E-state index contributed by atoms with van der Waals surface area (Å²) in [5, 5.41) is 25.9. The largest absolute Gasteiger partial charge is 0.489 e. The van der Waals surface area contributed by atoms with E-state index >= 15 is 0 Å². The molecule has 0 spiro atoms. The lowest BCUT2D eigenvalue weighted by molar-refractivity contribution is 0.0697. The Morgan fingerprint density at radius 1 is 1.26 bits per heavy atom. The van der Waals surface area contributed by atoms with Crippen LogP contribution >= 0.6 is 0 Å². The van der Waals surface area contributed by atoms with Crippen LogP contribution in [0.4, 0.5) is 17.1 Å². The Morgan fingerprint density at radius 3 is 2.74 bits per heavy atom. The predicted molar refractivity (Wildman–Crippen MR) is 85.7 cm³/mol. The maximum absolute atomic E-state index is 10.9. The lowest BCUT2D eigenvalue weighted by Gasteiger charge is -2.09. The van der Waals surface area contributed by atoms with Crippen molar-refractivity contribution in [3.05, 3.63) is 47.5 Å². The van der Waals surface area contributed by atoms with Crippen LogP contribution in [-0.2, 0) is 0 Å². The van der Waals surface area contributed by atoms with Crippen molar-refractivity contribution in [2.75, 3.05) is 18.9 Å². The molecule has 23 heavy (non-hydrogen) atoms. The molecular weight excluding hydrogens is 298 g/mol. The SMILES string of the molecule is Cc1cc(N)c(OCCO)cc1N=Nc1cccc(C(=O)O)c1. The molecule has 0 saturated carbocycles. The highest BCUT2D eigenvalue weighted by Crippen LogP contribution is 2.32. The number of ether oxygens (including phenoxy) is 1. The quantitative estimate of drug-likeness (QED) is 0.559. The first kappa shape index (κ1) is 16.4. The topological polar surface area (TPSA) is 118 Å². The molecule has 0 amide bonds. The molecule has 2 rings (SSSR count). The number of nitrogen functional groups attached to an aromatic ring is 1. The fourth-order valence-corrected chi connectivity index (χ4v) is 1.90. The highest BCUT2D eigenvalue weighted by atomic mass is 16.5. The van der Waals surface area contributed by atoms with E-state index in [2.05, 4.69) is 10.2 Å². The van der Waals surface area contributed by atoms with Crippen LogP contribution in [0.3, 0.4) is 0 Å². The first-order chi connectivity index (χ1) is 11.0. The molecule has 7 nitrogen and oxygen atoms in total. The van der Waals surface area contributed by atoms with Crippen LogP contribution in [0.25, 0.3) is 0 Å². The molecule has 0 unspecified atom stereocenters. The molecule has 7 heteroatoms. The molecule has 0 fully saturated rings. The van der Waals surface area contributed by atoms with Crippen LogP contribution in [0.15, 0.2) is 46.6 Å². The van der Waals surface area contributed by atoms with Gasteiger partial charge in [0.1, 0.15) is 12.4 Å². The van der Waals surface area contributed by atoms with Gasteiger partial charge in [0.15, 0.2) is 0 Å². The summed E-state index contributed by atoms with van der Waals surface area (Å²) in [6, 6.07) is 9.51. The molecule has 0 heterocycles. The number of hydrogen-bond donors (Lipinski definition) is 3. The van der Waals surface area contributed by atoms with E-state index in [1.807, 2.05) is 6.92 Å². The molecule has 0 atom stereocenters. The van der Waals surface area contributed by atoms with Crippen LogP contribution in [0, 0.1) is 6.92 Å². The zero-order valence-electron chi connectivity index (χ0n) is 12.6. The number of aliphatic hydroxyl groups is 1. The zero-order valence-corrected chi connectivity index (χ0v) is 12.6. The minimum atomic E-state index is -1.02. The van der Waals surface area contributed by atoms with Gasteiger partial charge in [0.25, 0.3) is 0 Å². The van der Waals surface area contributed by atoms with E-state index in [0.717, 1.165) is 5.56 Å². The molecule has 0 aliphatic carbocycles. The second-order valence-corrected chi connectivity index (χ2v) is 4.80. The van der Waals surface area contributed by atoms with Crippen LogP contribution in [-0.4, -0.2) is 29.4 Å². The number of azo groups is 1. The van der Waals surface area contributed by atoms with Gasteiger partial charge in [-0.3, -0.25) is 0 Å². The van der Waals surface area contributed by atoms with Gasteiger partial charge in [0.05, 0.1) is 29.2 Å². The third-order valence-corrected chi connectivity index (χ3v) is 3.04. The number of hydrogen-bond acceptors (Lipinski definition) is 6. The Hall–Kier alpha value is -2.93. The van der Waals surface area contributed by atoms with Gasteiger partial charge in [-0.2, -0.15) is 10.2 Å². The Bertz CT molecular complexity index is 744. The van der Waals surface area contributed by atoms with E-state index in [9.17, 15) is 4.79 Å². The van der Waals surface area contributed by atoms with Gasteiger partial charge in [0, 0.05) is 6.07 Å². The number of aliphatic hydroxyl groups excluding tert-OH is 1. The van der Waals surface area contributed by atoms with Gasteiger partial charge in [-0.25, -0.2) is 4.79 Å². The highest BCUT2D eigenvalue weighted by Gasteiger charge is 2.07.